The van der Waals surface area contributed by atoms with E-state index in [-0.39, 0.29) is 18.3 Å². The molecule has 0 saturated carbocycles. The summed E-state index contributed by atoms with van der Waals surface area (Å²) in [4.78, 5) is 11.7. The molecule has 0 fully saturated rings. The van der Waals surface area contributed by atoms with Gasteiger partial charge in [0.15, 0.2) is 0 Å². The predicted octanol–water partition coefficient (Wildman–Crippen LogP) is 2.52. The van der Waals surface area contributed by atoms with Gasteiger partial charge in [0.05, 0.1) is 0 Å². The molecule has 1 aromatic carbocycles. The Morgan fingerprint density at radius 1 is 1.35 bits per heavy atom. The number of hydrogen-bond acceptors (Lipinski definition) is 2. The lowest BCUT2D eigenvalue weighted by molar-refractivity contribution is 0.0954. The number of rotatable bonds is 5. The molecule has 0 atom stereocenters. The van der Waals surface area contributed by atoms with E-state index in [1.165, 1.54) is 0 Å². The van der Waals surface area contributed by atoms with Crippen LogP contribution in [0.25, 0.3) is 0 Å². The number of aryl methyl sites for hydroxylation is 1. The molecule has 0 spiro atoms. The molecule has 17 heavy (non-hydrogen) atoms. The SMILES string of the molecule is CCNCCNC(=O)c1ccc(C)c(Br)c1.Cl. The zero-order valence-corrected chi connectivity index (χ0v) is 12.5. The number of likely N-dealkylation sites (N-methyl/N-ethyl adjacent to an activating group) is 1. The summed E-state index contributed by atoms with van der Waals surface area (Å²) < 4.78 is 0.965. The van der Waals surface area contributed by atoms with E-state index in [0.29, 0.717) is 12.1 Å². The van der Waals surface area contributed by atoms with E-state index in [9.17, 15) is 4.79 Å². The molecule has 3 nitrogen and oxygen atoms in total. The van der Waals surface area contributed by atoms with Crippen LogP contribution in [-0.2, 0) is 0 Å². The molecule has 0 radical (unpaired) electrons. The Balaban J connectivity index is 0.00000256. The lowest BCUT2D eigenvalue weighted by Gasteiger charge is -2.06. The second-order valence-electron chi connectivity index (χ2n) is 3.57. The molecule has 0 aliphatic carbocycles. The molecule has 0 unspecified atom stereocenters. The van der Waals surface area contributed by atoms with Crippen molar-refractivity contribution in [2.75, 3.05) is 19.6 Å². The van der Waals surface area contributed by atoms with E-state index in [1.807, 2.05) is 32.0 Å². The summed E-state index contributed by atoms with van der Waals surface area (Å²) in [6, 6.07) is 5.61. The predicted molar refractivity (Wildman–Crippen MR) is 77.0 cm³/mol. The van der Waals surface area contributed by atoms with Gasteiger partial charge in [-0.3, -0.25) is 4.79 Å². The van der Waals surface area contributed by atoms with Crippen LogP contribution in [0.5, 0.6) is 0 Å². The molecule has 0 aromatic heterocycles. The van der Waals surface area contributed by atoms with E-state index < -0.39 is 0 Å². The van der Waals surface area contributed by atoms with Gasteiger partial charge in [0.1, 0.15) is 0 Å². The number of carbonyl (C=O) groups excluding carboxylic acids is 1. The first-order valence-electron chi connectivity index (χ1n) is 5.40. The highest BCUT2D eigenvalue weighted by atomic mass is 79.9. The average Bonchev–Trinajstić information content (AvgIpc) is 2.28. The van der Waals surface area contributed by atoms with Gasteiger partial charge in [-0.2, -0.15) is 0 Å². The topological polar surface area (TPSA) is 41.1 Å². The standard InChI is InChI=1S/C12H17BrN2O.ClH/c1-3-14-6-7-15-12(16)10-5-4-9(2)11(13)8-10;/h4-5,8,14H,3,6-7H2,1-2H3,(H,15,16);1H. The van der Waals surface area contributed by atoms with Crippen molar-refractivity contribution in [1.82, 2.24) is 10.6 Å². The van der Waals surface area contributed by atoms with Gasteiger partial charge in [-0.15, -0.1) is 12.4 Å². The van der Waals surface area contributed by atoms with Crippen molar-refractivity contribution in [3.8, 4) is 0 Å². The van der Waals surface area contributed by atoms with Crippen molar-refractivity contribution in [1.29, 1.82) is 0 Å². The minimum absolute atomic E-state index is 0. The van der Waals surface area contributed by atoms with Gasteiger partial charge >= 0.3 is 0 Å². The number of amides is 1. The smallest absolute Gasteiger partial charge is 0.251 e. The van der Waals surface area contributed by atoms with Gasteiger partial charge in [-0.05, 0) is 31.2 Å². The van der Waals surface area contributed by atoms with Crippen LogP contribution in [-0.4, -0.2) is 25.5 Å². The molecule has 0 saturated heterocycles. The lowest BCUT2D eigenvalue weighted by atomic mass is 10.1. The van der Waals surface area contributed by atoms with Crippen molar-refractivity contribution in [3.05, 3.63) is 33.8 Å². The quantitative estimate of drug-likeness (QED) is 0.818. The molecule has 1 rings (SSSR count). The third-order valence-corrected chi connectivity index (χ3v) is 3.13. The van der Waals surface area contributed by atoms with Crippen LogP contribution in [0.1, 0.15) is 22.8 Å². The normalized spacial score (nSPS) is 9.59. The second kappa shape index (κ2) is 8.50. The van der Waals surface area contributed by atoms with Crippen LogP contribution >= 0.6 is 28.3 Å². The van der Waals surface area contributed by atoms with E-state index in [1.54, 1.807) is 0 Å². The minimum atomic E-state index is -0.0291. The van der Waals surface area contributed by atoms with Crippen molar-refractivity contribution in [2.24, 2.45) is 0 Å². The number of benzene rings is 1. The monoisotopic (exact) mass is 320 g/mol. The molecule has 1 aromatic rings. The molecule has 1 amide bonds. The Kier molecular flexibility index (Phi) is 8.21. The third-order valence-electron chi connectivity index (χ3n) is 2.27. The zero-order chi connectivity index (χ0) is 12.0. The van der Waals surface area contributed by atoms with Gasteiger partial charge in [0, 0.05) is 23.1 Å². The van der Waals surface area contributed by atoms with Crippen LogP contribution in [0.4, 0.5) is 0 Å². The fourth-order valence-corrected chi connectivity index (χ4v) is 1.66. The molecular formula is C12H18BrClN2O. The molecule has 0 heterocycles. The third kappa shape index (κ3) is 5.52. The fourth-order valence-electron chi connectivity index (χ4n) is 1.28. The Bertz CT molecular complexity index is 372. The van der Waals surface area contributed by atoms with E-state index in [4.69, 9.17) is 0 Å². The molecule has 96 valence electrons. The van der Waals surface area contributed by atoms with Gasteiger partial charge in [0.2, 0.25) is 0 Å². The van der Waals surface area contributed by atoms with Crippen LogP contribution in [0, 0.1) is 6.92 Å². The molecule has 5 heteroatoms. The summed E-state index contributed by atoms with van der Waals surface area (Å²) in [5.41, 5.74) is 1.82. The largest absolute Gasteiger partial charge is 0.351 e. The maximum atomic E-state index is 11.7. The Hall–Kier alpha value is -0.580. The number of carbonyl (C=O) groups is 1. The summed E-state index contributed by atoms with van der Waals surface area (Å²) in [5.74, 6) is -0.0291. The molecule has 0 aliphatic rings. The Morgan fingerprint density at radius 2 is 2.06 bits per heavy atom. The molecular weight excluding hydrogens is 304 g/mol. The van der Waals surface area contributed by atoms with E-state index in [2.05, 4.69) is 26.6 Å². The van der Waals surface area contributed by atoms with E-state index in [0.717, 1.165) is 23.1 Å². The minimum Gasteiger partial charge on any atom is -0.351 e. The first-order valence-corrected chi connectivity index (χ1v) is 6.19. The molecule has 2 N–H and O–H groups in total. The maximum absolute atomic E-state index is 11.7. The van der Waals surface area contributed by atoms with Crippen LogP contribution < -0.4 is 10.6 Å². The fraction of sp³-hybridized carbons (Fsp3) is 0.417. The van der Waals surface area contributed by atoms with E-state index >= 15 is 0 Å². The molecule has 0 aliphatic heterocycles. The first kappa shape index (κ1) is 16.4. The lowest BCUT2D eigenvalue weighted by Crippen LogP contribution is -2.31. The summed E-state index contributed by atoms with van der Waals surface area (Å²) in [6.45, 7) is 6.41. The summed E-state index contributed by atoms with van der Waals surface area (Å²) in [5, 5.41) is 6.01. The number of nitrogens with one attached hydrogen (secondary N) is 2. The van der Waals surface area contributed by atoms with Crippen molar-refractivity contribution in [2.45, 2.75) is 13.8 Å². The van der Waals surface area contributed by atoms with Gasteiger partial charge in [0.25, 0.3) is 5.91 Å². The zero-order valence-electron chi connectivity index (χ0n) is 10.0. The Labute approximate surface area is 117 Å². The summed E-state index contributed by atoms with van der Waals surface area (Å²) >= 11 is 3.42. The second-order valence-corrected chi connectivity index (χ2v) is 4.43. The van der Waals surface area contributed by atoms with Crippen LogP contribution in [0.3, 0.4) is 0 Å². The Morgan fingerprint density at radius 3 is 2.65 bits per heavy atom. The maximum Gasteiger partial charge on any atom is 0.251 e. The first-order chi connectivity index (χ1) is 7.65. The van der Waals surface area contributed by atoms with Crippen LogP contribution in [0.15, 0.2) is 22.7 Å². The summed E-state index contributed by atoms with van der Waals surface area (Å²) in [7, 11) is 0. The van der Waals surface area contributed by atoms with Crippen molar-refractivity contribution >= 4 is 34.2 Å². The van der Waals surface area contributed by atoms with Crippen molar-refractivity contribution < 1.29 is 4.79 Å². The van der Waals surface area contributed by atoms with Crippen LogP contribution in [0.2, 0.25) is 0 Å². The number of hydrogen-bond donors (Lipinski definition) is 2. The van der Waals surface area contributed by atoms with Gasteiger partial charge in [-0.1, -0.05) is 28.9 Å². The highest BCUT2D eigenvalue weighted by Gasteiger charge is 2.05. The van der Waals surface area contributed by atoms with Crippen molar-refractivity contribution in [3.63, 3.8) is 0 Å². The highest BCUT2D eigenvalue weighted by Crippen LogP contribution is 2.17. The number of halogens is 2. The average molecular weight is 322 g/mol. The van der Waals surface area contributed by atoms with Gasteiger partial charge < -0.3 is 10.6 Å². The summed E-state index contributed by atoms with van der Waals surface area (Å²) in [6.07, 6.45) is 0. The van der Waals surface area contributed by atoms with Gasteiger partial charge in [-0.25, -0.2) is 0 Å². The highest BCUT2D eigenvalue weighted by molar-refractivity contribution is 9.10. The molecule has 0 bridgehead atoms.